The van der Waals surface area contributed by atoms with Crippen molar-refractivity contribution in [2.24, 2.45) is 0 Å². The van der Waals surface area contributed by atoms with Crippen LogP contribution in [0.2, 0.25) is 0 Å². The molecule has 0 unspecified atom stereocenters. The number of amides is 1. The van der Waals surface area contributed by atoms with Crippen molar-refractivity contribution >= 4 is 5.91 Å². The Kier molecular flexibility index (Phi) is 3.14. The van der Waals surface area contributed by atoms with Gasteiger partial charge in [-0.1, -0.05) is 0 Å². The Morgan fingerprint density at radius 3 is 2.81 bits per heavy atom. The van der Waals surface area contributed by atoms with E-state index in [9.17, 15) is 13.6 Å². The summed E-state index contributed by atoms with van der Waals surface area (Å²) in [5.41, 5.74) is -0.290. The number of carbonyl (C=O) groups excluding carboxylic acids is 1. The standard InChI is InChI=1S/C11H11F2NO2/c12-8-3-4-10(13)9(7-8)11(15)14-5-1-2-6-16-14/h3-4,7H,1-2,5-6H2. The van der Waals surface area contributed by atoms with Crippen molar-refractivity contribution in [2.75, 3.05) is 13.2 Å². The lowest BCUT2D eigenvalue weighted by atomic mass is 10.2. The highest BCUT2D eigenvalue weighted by atomic mass is 19.1. The van der Waals surface area contributed by atoms with Crippen LogP contribution in [0.15, 0.2) is 18.2 Å². The molecule has 1 fully saturated rings. The molecule has 0 saturated carbocycles. The highest BCUT2D eigenvalue weighted by molar-refractivity contribution is 5.93. The van der Waals surface area contributed by atoms with Gasteiger partial charge >= 0.3 is 0 Å². The van der Waals surface area contributed by atoms with Crippen molar-refractivity contribution in [2.45, 2.75) is 12.8 Å². The van der Waals surface area contributed by atoms with Crippen LogP contribution in [0.4, 0.5) is 8.78 Å². The molecule has 0 radical (unpaired) electrons. The molecule has 1 aliphatic heterocycles. The molecule has 0 bridgehead atoms. The number of rotatable bonds is 1. The Hall–Kier alpha value is -1.49. The molecule has 1 aromatic carbocycles. The lowest BCUT2D eigenvalue weighted by Gasteiger charge is -2.25. The van der Waals surface area contributed by atoms with E-state index < -0.39 is 17.5 Å². The van der Waals surface area contributed by atoms with Crippen LogP contribution in [0.5, 0.6) is 0 Å². The van der Waals surface area contributed by atoms with Crippen molar-refractivity contribution in [1.29, 1.82) is 0 Å². The molecule has 16 heavy (non-hydrogen) atoms. The lowest BCUT2D eigenvalue weighted by Crippen LogP contribution is -2.36. The van der Waals surface area contributed by atoms with Crippen molar-refractivity contribution in [3.63, 3.8) is 0 Å². The fourth-order valence-electron chi connectivity index (χ4n) is 1.55. The molecule has 1 saturated heterocycles. The Morgan fingerprint density at radius 2 is 2.12 bits per heavy atom. The van der Waals surface area contributed by atoms with Crippen LogP contribution in [-0.4, -0.2) is 24.1 Å². The van der Waals surface area contributed by atoms with Crippen molar-refractivity contribution in [3.8, 4) is 0 Å². The molecule has 1 amide bonds. The minimum atomic E-state index is -0.736. The third-order valence-electron chi connectivity index (χ3n) is 2.39. The number of carbonyl (C=O) groups is 1. The Labute approximate surface area is 91.6 Å². The van der Waals surface area contributed by atoms with Gasteiger partial charge in [0.2, 0.25) is 0 Å². The normalized spacial score (nSPS) is 16.2. The highest BCUT2D eigenvalue weighted by Crippen LogP contribution is 2.15. The maximum atomic E-state index is 13.3. The number of benzene rings is 1. The molecule has 0 N–H and O–H groups in total. The predicted molar refractivity (Wildman–Crippen MR) is 52.6 cm³/mol. The third-order valence-corrected chi connectivity index (χ3v) is 2.39. The summed E-state index contributed by atoms with van der Waals surface area (Å²) >= 11 is 0. The zero-order valence-electron chi connectivity index (χ0n) is 8.58. The van der Waals surface area contributed by atoms with Crippen molar-refractivity contribution < 1.29 is 18.4 Å². The topological polar surface area (TPSA) is 29.5 Å². The second kappa shape index (κ2) is 4.57. The second-order valence-electron chi connectivity index (χ2n) is 3.57. The summed E-state index contributed by atoms with van der Waals surface area (Å²) < 4.78 is 26.2. The molecule has 0 spiro atoms. The summed E-state index contributed by atoms with van der Waals surface area (Å²) in [4.78, 5) is 16.9. The summed E-state index contributed by atoms with van der Waals surface area (Å²) in [6.07, 6.45) is 1.68. The van der Waals surface area contributed by atoms with Gasteiger partial charge in [-0.15, -0.1) is 0 Å². The van der Waals surface area contributed by atoms with Crippen LogP contribution in [0.3, 0.4) is 0 Å². The Morgan fingerprint density at radius 1 is 1.31 bits per heavy atom. The summed E-state index contributed by atoms with van der Waals surface area (Å²) in [6, 6.07) is 2.80. The number of hydrogen-bond acceptors (Lipinski definition) is 2. The van der Waals surface area contributed by atoms with Gasteiger partial charge in [0.05, 0.1) is 12.2 Å². The van der Waals surface area contributed by atoms with Gasteiger partial charge in [0.1, 0.15) is 11.6 Å². The predicted octanol–water partition coefficient (Wildman–Crippen LogP) is 2.13. The fourth-order valence-corrected chi connectivity index (χ4v) is 1.55. The molecular formula is C11H11F2NO2. The lowest BCUT2D eigenvalue weighted by molar-refractivity contribution is -0.144. The van der Waals surface area contributed by atoms with E-state index in [1.807, 2.05) is 0 Å². The Bertz CT molecular complexity index is 403. The summed E-state index contributed by atoms with van der Waals surface area (Å²) in [5.74, 6) is -2.00. The monoisotopic (exact) mass is 227 g/mol. The van der Waals surface area contributed by atoms with Crippen LogP contribution in [0, 0.1) is 11.6 Å². The maximum absolute atomic E-state index is 13.3. The summed E-state index contributed by atoms with van der Waals surface area (Å²) in [6.45, 7) is 0.845. The molecule has 1 aliphatic rings. The van der Waals surface area contributed by atoms with Crippen LogP contribution in [0.25, 0.3) is 0 Å². The average Bonchev–Trinajstić information content (AvgIpc) is 2.32. The third kappa shape index (κ3) is 2.19. The molecule has 0 aliphatic carbocycles. The van der Waals surface area contributed by atoms with Crippen molar-refractivity contribution in [1.82, 2.24) is 5.06 Å². The molecule has 5 heteroatoms. The van der Waals surface area contributed by atoms with Crippen LogP contribution < -0.4 is 0 Å². The summed E-state index contributed by atoms with van der Waals surface area (Å²) in [5, 5.41) is 1.08. The first-order valence-electron chi connectivity index (χ1n) is 5.08. The van der Waals surface area contributed by atoms with Gasteiger partial charge < -0.3 is 0 Å². The fraction of sp³-hybridized carbons (Fsp3) is 0.364. The van der Waals surface area contributed by atoms with Crippen LogP contribution in [0.1, 0.15) is 23.2 Å². The molecule has 1 aromatic rings. The molecular weight excluding hydrogens is 216 g/mol. The minimum absolute atomic E-state index is 0.290. The van der Waals surface area contributed by atoms with E-state index in [4.69, 9.17) is 4.84 Å². The number of hydroxylamine groups is 2. The molecule has 3 nitrogen and oxygen atoms in total. The SMILES string of the molecule is O=C(c1cc(F)ccc1F)N1CCCCO1. The zero-order chi connectivity index (χ0) is 11.5. The largest absolute Gasteiger partial charge is 0.280 e. The second-order valence-corrected chi connectivity index (χ2v) is 3.57. The zero-order valence-corrected chi connectivity index (χ0v) is 8.58. The van der Waals surface area contributed by atoms with Gasteiger partial charge in [-0.05, 0) is 31.0 Å². The van der Waals surface area contributed by atoms with Crippen LogP contribution >= 0.6 is 0 Å². The van der Waals surface area contributed by atoms with E-state index in [1.54, 1.807) is 0 Å². The first kappa shape index (κ1) is 11.0. The van der Waals surface area contributed by atoms with Gasteiger partial charge in [0.15, 0.2) is 0 Å². The highest BCUT2D eigenvalue weighted by Gasteiger charge is 2.22. The molecule has 86 valence electrons. The molecule has 1 heterocycles. The first-order valence-corrected chi connectivity index (χ1v) is 5.08. The Balaban J connectivity index is 2.22. The minimum Gasteiger partial charge on any atom is -0.271 e. The molecule has 0 aromatic heterocycles. The van der Waals surface area contributed by atoms with E-state index in [0.717, 1.165) is 36.1 Å². The molecule has 2 rings (SSSR count). The average molecular weight is 227 g/mol. The van der Waals surface area contributed by atoms with Crippen LogP contribution in [-0.2, 0) is 4.84 Å². The van der Waals surface area contributed by atoms with E-state index in [2.05, 4.69) is 0 Å². The summed E-state index contributed by atoms with van der Waals surface area (Å²) in [7, 11) is 0. The van der Waals surface area contributed by atoms with E-state index in [1.165, 1.54) is 0 Å². The van der Waals surface area contributed by atoms with E-state index in [0.29, 0.717) is 13.2 Å². The van der Waals surface area contributed by atoms with Gasteiger partial charge in [0.25, 0.3) is 5.91 Å². The number of hydrogen-bond donors (Lipinski definition) is 0. The van der Waals surface area contributed by atoms with Crippen molar-refractivity contribution in [3.05, 3.63) is 35.4 Å². The molecule has 0 atom stereocenters. The smallest absolute Gasteiger partial charge is 0.271 e. The van der Waals surface area contributed by atoms with Gasteiger partial charge in [-0.2, -0.15) is 0 Å². The van der Waals surface area contributed by atoms with Gasteiger partial charge in [-0.25, -0.2) is 13.8 Å². The first-order chi connectivity index (χ1) is 7.68. The van der Waals surface area contributed by atoms with E-state index in [-0.39, 0.29) is 5.56 Å². The maximum Gasteiger partial charge on any atom is 0.280 e. The van der Waals surface area contributed by atoms with E-state index >= 15 is 0 Å². The van der Waals surface area contributed by atoms with Gasteiger partial charge in [0, 0.05) is 6.54 Å². The van der Waals surface area contributed by atoms with Gasteiger partial charge in [-0.3, -0.25) is 9.63 Å². The number of halogens is 2. The quantitative estimate of drug-likeness (QED) is 0.735. The number of nitrogens with zero attached hydrogens (tertiary/aromatic N) is 1.